The highest BCUT2D eigenvalue weighted by Crippen LogP contribution is 2.46. The second kappa shape index (κ2) is 9.22. The van der Waals surface area contributed by atoms with Gasteiger partial charge in [-0.05, 0) is 88.6 Å². The van der Waals surface area contributed by atoms with Crippen molar-refractivity contribution in [1.29, 1.82) is 0 Å². The van der Waals surface area contributed by atoms with Crippen molar-refractivity contribution >= 4 is 43.1 Å². The summed E-state index contributed by atoms with van der Waals surface area (Å²) >= 11 is 0. The van der Waals surface area contributed by atoms with Crippen LogP contribution in [0.15, 0.2) is 158 Å². The molecule has 0 aromatic heterocycles. The van der Waals surface area contributed by atoms with E-state index in [4.69, 9.17) is 6.85 Å². The Morgan fingerprint density at radius 1 is 0.350 bits per heavy atom. The summed E-state index contributed by atoms with van der Waals surface area (Å²) in [5, 5.41) is 8.79. The van der Waals surface area contributed by atoms with E-state index in [9.17, 15) is 0 Å². The predicted octanol–water partition coefficient (Wildman–Crippen LogP) is 11.3. The van der Waals surface area contributed by atoms with Crippen LogP contribution in [0.25, 0.3) is 76.5 Å². The molecule has 0 aliphatic rings. The van der Waals surface area contributed by atoms with E-state index < -0.39 is 6.04 Å². The lowest BCUT2D eigenvalue weighted by atomic mass is 9.83. The molecule has 8 rings (SSSR count). The summed E-state index contributed by atoms with van der Waals surface area (Å²) < 4.78 is 42.2. The van der Waals surface area contributed by atoms with Crippen molar-refractivity contribution in [2.24, 2.45) is 0 Å². The van der Waals surface area contributed by atoms with Gasteiger partial charge in [-0.3, -0.25) is 0 Å². The maximum atomic E-state index is 8.71. The summed E-state index contributed by atoms with van der Waals surface area (Å²) in [7, 11) is 0. The molecule has 0 spiro atoms. The lowest BCUT2D eigenvalue weighted by Crippen LogP contribution is -1.92. The molecule has 0 bridgehead atoms. The van der Waals surface area contributed by atoms with Crippen LogP contribution in [-0.4, -0.2) is 0 Å². The molecule has 0 aliphatic carbocycles. The molecule has 0 amide bonds. The van der Waals surface area contributed by atoms with Gasteiger partial charge in [-0.15, -0.1) is 0 Å². The summed E-state index contributed by atoms with van der Waals surface area (Å²) in [6, 6.07) is 42.6. The molecule has 0 heterocycles. The molecule has 0 N–H and O–H groups in total. The Morgan fingerprint density at radius 3 is 1.80 bits per heavy atom. The number of hydrogen-bond acceptors (Lipinski definition) is 0. The first-order chi connectivity index (χ1) is 21.9. The predicted molar refractivity (Wildman–Crippen MR) is 173 cm³/mol. The summed E-state index contributed by atoms with van der Waals surface area (Å²) in [6.07, 6.45) is 0. The maximum absolute atomic E-state index is 8.71. The molecule has 0 radical (unpaired) electrons. The van der Waals surface area contributed by atoms with Gasteiger partial charge in [-0.2, -0.15) is 0 Å². The molecule has 0 aliphatic heterocycles. The minimum absolute atomic E-state index is 0.201. The molecule has 0 unspecified atom stereocenters. The third-order valence-electron chi connectivity index (χ3n) is 7.91. The van der Waals surface area contributed by atoms with Crippen molar-refractivity contribution < 1.29 is 6.85 Å². The molecule has 0 saturated heterocycles. The summed E-state index contributed by atoms with van der Waals surface area (Å²) in [4.78, 5) is 0. The average Bonchev–Trinajstić information content (AvgIpc) is 3.08. The van der Waals surface area contributed by atoms with E-state index >= 15 is 0 Å². The number of hydrogen-bond donors (Lipinski definition) is 0. The highest BCUT2D eigenvalue weighted by molar-refractivity contribution is 6.24. The molecule has 0 saturated carbocycles. The Morgan fingerprint density at radius 2 is 0.975 bits per heavy atom. The lowest BCUT2D eigenvalue weighted by molar-refractivity contribution is 1.64. The normalized spacial score (nSPS) is 13.2. The monoisotopic (exact) mass is 511 g/mol. The minimum Gasteiger partial charge on any atom is -0.0622 e. The summed E-state index contributed by atoms with van der Waals surface area (Å²) in [6.45, 7) is 0. The lowest BCUT2D eigenvalue weighted by Gasteiger charge is -2.20. The zero-order chi connectivity index (χ0) is 30.8. The Balaban J connectivity index is 1.56. The van der Waals surface area contributed by atoms with E-state index in [1.807, 2.05) is 24.3 Å². The number of rotatable bonds is 3. The first-order valence-electron chi connectivity index (χ1n) is 16.0. The van der Waals surface area contributed by atoms with Crippen molar-refractivity contribution in [3.8, 4) is 33.4 Å². The van der Waals surface area contributed by atoms with Crippen molar-refractivity contribution in [1.82, 2.24) is 0 Å². The second-order valence-electron chi connectivity index (χ2n) is 10.1. The van der Waals surface area contributed by atoms with Gasteiger partial charge in [0.05, 0.1) is 6.85 Å². The Kier molecular flexibility index (Phi) is 4.18. The van der Waals surface area contributed by atoms with E-state index in [1.165, 1.54) is 0 Å². The first kappa shape index (κ1) is 18.2. The Labute approximate surface area is 240 Å². The van der Waals surface area contributed by atoms with Crippen LogP contribution in [0.2, 0.25) is 0 Å². The van der Waals surface area contributed by atoms with Crippen LogP contribution in [0.3, 0.4) is 0 Å². The third-order valence-corrected chi connectivity index (χ3v) is 7.91. The number of benzene rings is 8. The summed E-state index contributed by atoms with van der Waals surface area (Å²) in [5.41, 5.74) is 5.11. The third kappa shape index (κ3) is 3.61. The Hall–Kier alpha value is -5.20. The van der Waals surface area contributed by atoms with Gasteiger partial charge < -0.3 is 0 Å². The highest BCUT2D eigenvalue weighted by Gasteiger charge is 2.18. The van der Waals surface area contributed by atoms with E-state index in [1.54, 1.807) is 0 Å². The quantitative estimate of drug-likeness (QED) is 0.207. The molecular formula is C40H26. The van der Waals surface area contributed by atoms with Crippen LogP contribution in [0.5, 0.6) is 0 Å². The van der Waals surface area contributed by atoms with E-state index in [0.717, 1.165) is 65.3 Å². The van der Waals surface area contributed by atoms with Gasteiger partial charge in [0.15, 0.2) is 0 Å². The van der Waals surface area contributed by atoms with Crippen molar-refractivity contribution in [2.45, 2.75) is 0 Å². The zero-order valence-corrected chi connectivity index (χ0v) is 21.6. The maximum Gasteiger partial charge on any atom is 0.0629 e. The molecular weight excluding hydrogens is 480 g/mol. The second-order valence-corrected chi connectivity index (χ2v) is 10.1. The van der Waals surface area contributed by atoms with Crippen LogP contribution in [0.1, 0.15) is 6.85 Å². The van der Waals surface area contributed by atoms with Gasteiger partial charge in [0, 0.05) is 0 Å². The fraction of sp³-hybridized carbons (Fsp3) is 0. The molecule has 40 heavy (non-hydrogen) atoms. The molecule has 8 aromatic rings. The largest absolute Gasteiger partial charge is 0.0629 e. The van der Waals surface area contributed by atoms with Gasteiger partial charge in [-0.1, -0.05) is 145 Å². The Bertz CT molecular complexity index is 2460. The number of fused-ring (bicyclic) bond motifs is 4. The highest BCUT2D eigenvalue weighted by atomic mass is 14.2. The van der Waals surface area contributed by atoms with Crippen LogP contribution in [0, 0.1) is 0 Å². The molecule has 186 valence electrons. The van der Waals surface area contributed by atoms with Crippen LogP contribution in [0.4, 0.5) is 0 Å². The van der Waals surface area contributed by atoms with Crippen molar-refractivity contribution in [3.05, 3.63) is 158 Å². The van der Waals surface area contributed by atoms with Gasteiger partial charge in [0.2, 0.25) is 0 Å². The van der Waals surface area contributed by atoms with Crippen LogP contribution < -0.4 is 0 Å². The minimum atomic E-state index is -0.393. The zero-order valence-electron chi connectivity index (χ0n) is 26.6. The average molecular weight is 512 g/mol. The summed E-state index contributed by atoms with van der Waals surface area (Å²) in [5.74, 6) is 0. The van der Waals surface area contributed by atoms with Crippen LogP contribution >= 0.6 is 0 Å². The first-order valence-corrected chi connectivity index (χ1v) is 13.5. The fourth-order valence-corrected chi connectivity index (χ4v) is 6.12. The van der Waals surface area contributed by atoms with Crippen molar-refractivity contribution in [2.75, 3.05) is 0 Å². The van der Waals surface area contributed by atoms with E-state index in [2.05, 4.69) is 103 Å². The SMILES string of the molecule is [2H]c1c([2H])c([2H])c(-c2ccc3c(-c4cccc5ccccc45)c4ccccc4c(-c4ccc5ccccc5c4)c3c2)c([2H])c1[2H]. The standard InChI is InChI=1S/C40H26/c1-2-11-27(12-3-1)31-23-24-37-38(26-31)39(32-22-21-28-13-4-5-15-30(28)25-32)35-18-8-9-19-36(35)40(37)34-20-10-16-29-14-6-7-17-33(29)34/h1-26H/i1D,2D,3D,11D,12D. The fourth-order valence-electron chi connectivity index (χ4n) is 6.12. The molecule has 8 aromatic carbocycles. The molecule has 0 nitrogen and oxygen atoms in total. The smallest absolute Gasteiger partial charge is 0.0622 e. The van der Waals surface area contributed by atoms with Crippen LogP contribution in [-0.2, 0) is 0 Å². The topological polar surface area (TPSA) is 0 Å². The van der Waals surface area contributed by atoms with Gasteiger partial charge >= 0.3 is 0 Å². The van der Waals surface area contributed by atoms with Gasteiger partial charge in [-0.25, -0.2) is 0 Å². The molecule has 0 heteroatoms. The molecule has 0 atom stereocenters. The molecule has 0 fully saturated rings. The van der Waals surface area contributed by atoms with Crippen molar-refractivity contribution in [3.63, 3.8) is 0 Å². The van der Waals surface area contributed by atoms with Gasteiger partial charge in [0.25, 0.3) is 0 Å². The van der Waals surface area contributed by atoms with E-state index in [-0.39, 0.29) is 29.7 Å². The van der Waals surface area contributed by atoms with E-state index in [0.29, 0.717) is 5.56 Å². The van der Waals surface area contributed by atoms with Gasteiger partial charge in [0.1, 0.15) is 0 Å².